The Morgan fingerprint density at radius 1 is 1.32 bits per heavy atom. The number of fused-ring (bicyclic) bond motifs is 3. The van der Waals surface area contributed by atoms with E-state index in [1.807, 2.05) is 6.08 Å². The lowest BCUT2D eigenvalue weighted by Gasteiger charge is -2.58. The van der Waals surface area contributed by atoms with E-state index in [0.717, 1.165) is 12.8 Å². The van der Waals surface area contributed by atoms with Crippen molar-refractivity contribution in [3.05, 3.63) is 11.6 Å². The Labute approximate surface area is 135 Å². The molecule has 6 atom stereocenters. The Kier molecular flexibility index (Phi) is 4.51. The normalized spacial score (nSPS) is 45.0. The van der Waals surface area contributed by atoms with Crippen LogP contribution in [-0.2, 0) is 4.79 Å². The molecular formula is C20H32O2. The van der Waals surface area contributed by atoms with Crippen molar-refractivity contribution in [1.29, 1.82) is 0 Å². The summed E-state index contributed by atoms with van der Waals surface area (Å²) in [7, 11) is 0. The third-order valence-electron chi connectivity index (χ3n) is 7.09. The Morgan fingerprint density at radius 3 is 2.77 bits per heavy atom. The first-order chi connectivity index (χ1) is 10.5. The molecule has 0 aromatic rings. The standard InChI is InChI=1S/C20H32O2/c1-4-7-13-8-6-9-16-18(13)19(22)15(5-2)17-12-14(21)10-11-20(16,17)3/h12-13,15-16,18-19,22H,4-11H2,1-3H3/t13?,15-,16?,18?,19+,20+/m0/s1. The van der Waals surface area contributed by atoms with Gasteiger partial charge in [-0.15, -0.1) is 0 Å². The van der Waals surface area contributed by atoms with Gasteiger partial charge in [-0.3, -0.25) is 4.79 Å². The fourth-order valence-electron chi connectivity index (χ4n) is 6.06. The average molecular weight is 304 g/mol. The third kappa shape index (κ3) is 2.38. The van der Waals surface area contributed by atoms with Gasteiger partial charge in [-0.25, -0.2) is 0 Å². The van der Waals surface area contributed by atoms with E-state index in [1.54, 1.807) is 0 Å². The van der Waals surface area contributed by atoms with Crippen molar-refractivity contribution in [3.63, 3.8) is 0 Å². The molecule has 2 heteroatoms. The molecule has 2 nitrogen and oxygen atoms in total. The summed E-state index contributed by atoms with van der Waals surface area (Å²) >= 11 is 0. The predicted octanol–water partition coefficient (Wildman–Crippen LogP) is 4.52. The predicted molar refractivity (Wildman–Crippen MR) is 89.4 cm³/mol. The number of carbonyl (C=O) groups is 1. The van der Waals surface area contributed by atoms with Crippen LogP contribution < -0.4 is 0 Å². The molecule has 3 unspecified atom stereocenters. The molecule has 0 saturated heterocycles. The maximum atomic E-state index is 12.0. The van der Waals surface area contributed by atoms with Crippen molar-refractivity contribution in [2.75, 3.05) is 0 Å². The summed E-state index contributed by atoms with van der Waals surface area (Å²) < 4.78 is 0. The van der Waals surface area contributed by atoms with Crippen molar-refractivity contribution >= 4 is 5.78 Å². The summed E-state index contributed by atoms with van der Waals surface area (Å²) in [6, 6.07) is 0. The summed E-state index contributed by atoms with van der Waals surface area (Å²) in [5.41, 5.74) is 1.45. The molecule has 22 heavy (non-hydrogen) atoms. The minimum atomic E-state index is -0.239. The van der Waals surface area contributed by atoms with Gasteiger partial charge in [0.05, 0.1) is 6.10 Å². The zero-order valence-electron chi connectivity index (χ0n) is 14.5. The maximum absolute atomic E-state index is 12.0. The molecule has 3 aliphatic carbocycles. The van der Waals surface area contributed by atoms with Crippen LogP contribution in [0.5, 0.6) is 0 Å². The minimum Gasteiger partial charge on any atom is -0.392 e. The van der Waals surface area contributed by atoms with Crippen molar-refractivity contribution in [2.45, 2.75) is 78.2 Å². The number of allylic oxidation sites excluding steroid dienone is 1. The number of ketones is 1. The summed E-state index contributed by atoms with van der Waals surface area (Å²) in [6.45, 7) is 6.83. The first kappa shape index (κ1) is 16.2. The molecule has 2 fully saturated rings. The van der Waals surface area contributed by atoms with Crippen molar-refractivity contribution < 1.29 is 9.90 Å². The smallest absolute Gasteiger partial charge is 0.155 e. The summed E-state index contributed by atoms with van der Waals surface area (Å²) in [4.78, 5) is 12.0. The second kappa shape index (κ2) is 6.11. The van der Waals surface area contributed by atoms with Gasteiger partial charge >= 0.3 is 0 Å². The van der Waals surface area contributed by atoms with E-state index in [-0.39, 0.29) is 23.2 Å². The van der Waals surface area contributed by atoms with Crippen LogP contribution in [0.15, 0.2) is 11.6 Å². The molecule has 3 aliphatic rings. The molecule has 0 heterocycles. The van der Waals surface area contributed by atoms with Gasteiger partial charge in [0.1, 0.15) is 0 Å². The molecule has 0 aromatic carbocycles. The van der Waals surface area contributed by atoms with Gasteiger partial charge in [-0.1, -0.05) is 52.0 Å². The largest absolute Gasteiger partial charge is 0.392 e. The molecule has 124 valence electrons. The quantitative estimate of drug-likeness (QED) is 0.832. The van der Waals surface area contributed by atoms with Crippen LogP contribution in [0.4, 0.5) is 0 Å². The maximum Gasteiger partial charge on any atom is 0.155 e. The molecule has 0 bridgehead atoms. The van der Waals surface area contributed by atoms with Gasteiger partial charge in [0.2, 0.25) is 0 Å². The Morgan fingerprint density at radius 2 is 2.09 bits per heavy atom. The third-order valence-corrected chi connectivity index (χ3v) is 7.09. The molecule has 0 amide bonds. The molecule has 0 aromatic heterocycles. The Balaban J connectivity index is 2.02. The summed E-state index contributed by atoms with van der Waals surface area (Å²) in [5, 5.41) is 11.1. The van der Waals surface area contributed by atoms with E-state index >= 15 is 0 Å². The Bertz CT molecular complexity index is 464. The highest BCUT2D eigenvalue weighted by molar-refractivity contribution is 5.91. The second-order valence-electron chi connectivity index (χ2n) is 8.15. The number of carbonyl (C=O) groups excluding carboxylic acids is 1. The molecule has 0 spiro atoms. The average Bonchev–Trinajstić information content (AvgIpc) is 2.51. The van der Waals surface area contributed by atoms with E-state index in [9.17, 15) is 9.90 Å². The fourth-order valence-corrected chi connectivity index (χ4v) is 6.06. The molecule has 0 radical (unpaired) electrons. The van der Waals surface area contributed by atoms with Gasteiger partial charge in [-0.2, -0.15) is 0 Å². The molecule has 0 aliphatic heterocycles. The van der Waals surface area contributed by atoms with Crippen LogP contribution in [0.2, 0.25) is 0 Å². The van der Waals surface area contributed by atoms with Gasteiger partial charge in [0.15, 0.2) is 5.78 Å². The topological polar surface area (TPSA) is 37.3 Å². The van der Waals surface area contributed by atoms with E-state index in [1.165, 1.54) is 37.7 Å². The number of aliphatic hydroxyl groups is 1. The van der Waals surface area contributed by atoms with E-state index in [0.29, 0.717) is 24.2 Å². The number of hydrogen-bond donors (Lipinski definition) is 1. The van der Waals surface area contributed by atoms with Crippen LogP contribution >= 0.6 is 0 Å². The van der Waals surface area contributed by atoms with Gasteiger partial charge < -0.3 is 5.11 Å². The number of rotatable bonds is 3. The zero-order chi connectivity index (χ0) is 15.9. The SMILES string of the molecule is CCCC1CCCC2C1[C@H](O)[C@@H](CC)C1=CC(=O)CC[C@@]12C. The zero-order valence-corrected chi connectivity index (χ0v) is 14.5. The lowest BCUT2D eigenvalue weighted by Crippen LogP contribution is -2.55. The highest BCUT2D eigenvalue weighted by Crippen LogP contribution is 2.60. The highest BCUT2D eigenvalue weighted by atomic mass is 16.3. The summed E-state index contributed by atoms with van der Waals surface area (Å²) in [6.07, 6.45) is 10.6. The number of hydrogen-bond acceptors (Lipinski definition) is 2. The number of aliphatic hydroxyl groups excluding tert-OH is 1. The fraction of sp³-hybridized carbons (Fsp3) is 0.850. The Hall–Kier alpha value is -0.630. The second-order valence-corrected chi connectivity index (χ2v) is 8.15. The highest BCUT2D eigenvalue weighted by Gasteiger charge is 2.56. The molecule has 3 rings (SSSR count). The summed E-state index contributed by atoms with van der Waals surface area (Å²) in [5.74, 6) is 2.19. The van der Waals surface area contributed by atoms with Crippen molar-refractivity contribution in [1.82, 2.24) is 0 Å². The minimum absolute atomic E-state index is 0.158. The molecule has 1 N–H and O–H groups in total. The van der Waals surface area contributed by atoms with Crippen molar-refractivity contribution in [3.8, 4) is 0 Å². The van der Waals surface area contributed by atoms with Crippen molar-refractivity contribution in [2.24, 2.45) is 29.1 Å². The monoisotopic (exact) mass is 304 g/mol. The van der Waals surface area contributed by atoms with E-state index in [4.69, 9.17) is 0 Å². The van der Waals surface area contributed by atoms with Crippen LogP contribution in [0.25, 0.3) is 0 Å². The van der Waals surface area contributed by atoms with Crippen LogP contribution in [0.3, 0.4) is 0 Å². The van der Waals surface area contributed by atoms with Crippen LogP contribution in [-0.4, -0.2) is 17.0 Å². The van der Waals surface area contributed by atoms with Gasteiger partial charge in [0, 0.05) is 12.3 Å². The van der Waals surface area contributed by atoms with E-state index < -0.39 is 0 Å². The molecular weight excluding hydrogens is 272 g/mol. The lowest BCUT2D eigenvalue weighted by molar-refractivity contribution is -0.121. The lowest BCUT2D eigenvalue weighted by atomic mass is 9.47. The first-order valence-electron chi connectivity index (χ1n) is 9.45. The molecule has 2 saturated carbocycles. The first-order valence-corrected chi connectivity index (χ1v) is 9.45. The van der Waals surface area contributed by atoms with Crippen LogP contribution in [0.1, 0.15) is 72.1 Å². The van der Waals surface area contributed by atoms with Gasteiger partial charge in [0.25, 0.3) is 0 Å². The van der Waals surface area contributed by atoms with Gasteiger partial charge in [-0.05, 0) is 48.5 Å². The van der Waals surface area contributed by atoms with E-state index in [2.05, 4.69) is 20.8 Å². The van der Waals surface area contributed by atoms with Crippen LogP contribution in [0, 0.1) is 29.1 Å².